The number of halogens is 2. The number of amides is 1. The third kappa shape index (κ3) is 3.12. The number of nitrogens with two attached hydrogens (primary N) is 1. The highest BCUT2D eigenvalue weighted by Crippen LogP contribution is 2.47. The molecule has 1 aliphatic carbocycles. The van der Waals surface area contributed by atoms with Gasteiger partial charge in [0.1, 0.15) is 5.41 Å². The Kier molecular flexibility index (Phi) is 5.04. The van der Waals surface area contributed by atoms with Gasteiger partial charge in [-0.1, -0.05) is 12.1 Å². The van der Waals surface area contributed by atoms with Gasteiger partial charge in [0.2, 0.25) is 5.91 Å². The molecule has 0 aromatic rings. The van der Waals surface area contributed by atoms with Crippen LogP contribution in [0, 0.1) is 11.3 Å². The second kappa shape index (κ2) is 6.14. The molecule has 0 aromatic heterocycles. The Hall–Kier alpha value is -1.44. The quantitative estimate of drug-likeness (QED) is 0.280. The Bertz CT molecular complexity index is 357. The van der Waals surface area contributed by atoms with Crippen molar-refractivity contribution >= 4 is 11.7 Å². The minimum Gasteiger partial charge on any atom is -0.409 e. The van der Waals surface area contributed by atoms with E-state index < -0.39 is 30.9 Å². The lowest BCUT2D eigenvalue weighted by atomic mass is 9.61. The number of hydrogen-bond donors (Lipinski definition) is 3. The number of carbonyl (C=O) groups is 1. The summed E-state index contributed by atoms with van der Waals surface area (Å²) in [7, 11) is 0. The third-order valence-corrected chi connectivity index (χ3v) is 3.42. The monoisotopic (exact) mass is 279 g/mol. The van der Waals surface area contributed by atoms with Gasteiger partial charge >= 0.3 is 0 Å². The lowest BCUT2D eigenvalue weighted by molar-refractivity contribution is -0.147. The summed E-state index contributed by atoms with van der Waals surface area (Å²) >= 11 is 0. The standard InChI is InChI=1S/C11H19F2N3O3/c1-7-4-11(5-7,9(14)15-19)10(18)16(2-3-17)6-8(12)13/h7-8,17,19H,2-6H2,1H3,(H2,14,15). The van der Waals surface area contributed by atoms with Gasteiger partial charge in [-0.05, 0) is 18.8 Å². The summed E-state index contributed by atoms with van der Waals surface area (Å²) in [6.45, 7) is 0.506. The second-order valence-electron chi connectivity index (χ2n) is 4.95. The summed E-state index contributed by atoms with van der Waals surface area (Å²) in [4.78, 5) is 13.2. The maximum absolute atomic E-state index is 12.5. The average Bonchev–Trinajstić information content (AvgIpc) is 2.31. The normalized spacial score (nSPS) is 27.2. The van der Waals surface area contributed by atoms with E-state index in [0.717, 1.165) is 4.90 Å². The molecule has 8 heteroatoms. The minimum atomic E-state index is -2.70. The molecule has 0 saturated heterocycles. The van der Waals surface area contributed by atoms with Crippen molar-refractivity contribution < 1.29 is 23.9 Å². The van der Waals surface area contributed by atoms with Crippen LogP contribution in [0.4, 0.5) is 8.78 Å². The molecule has 1 saturated carbocycles. The molecule has 1 amide bonds. The van der Waals surface area contributed by atoms with E-state index in [0.29, 0.717) is 12.8 Å². The fourth-order valence-electron chi connectivity index (χ4n) is 2.58. The van der Waals surface area contributed by atoms with Crippen LogP contribution in [-0.2, 0) is 4.79 Å². The van der Waals surface area contributed by atoms with Gasteiger partial charge in [-0.15, -0.1) is 0 Å². The number of hydrogen-bond acceptors (Lipinski definition) is 4. The number of amidine groups is 1. The molecule has 0 radical (unpaired) electrons. The molecule has 0 aromatic carbocycles. The average molecular weight is 279 g/mol. The summed E-state index contributed by atoms with van der Waals surface area (Å²) in [5.74, 6) is -0.671. The van der Waals surface area contributed by atoms with Crippen LogP contribution in [0.25, 0.3) is 0 Å². The van der Waals surface area contributed by atoms with Crippen LogP contribution < -0.4 is 5.73 Å². The first-order valence-electron chi connectivity index (χ1n) is 6.03. The van der Waals surface area contributed by atoms with Crippen LogP contribution >= 0.6 is 0 Å². The van der Waals surface area contributed by atoms with Crippen molar-refractivity contribution in [3.05, 3.63) is 0 Å². The maximum atomic E-state index is 12.5. The predicted molar refractivity (Wildman–Crippen MR) is 63.9 cm³/mol. The van der Waals surface area contributed by atoms with E-state index in [1.54, 1.807) is 0 Å². The number of aliphatic hydroxyl groups is 1. The lowest BCUT2D eigenvalue weighted by Crippen LogP contribution is -2.58. The first-order chi connectivity index (χ1) is 8.87. The number of alkyl halides is 2. The molecule has 0 unspecified atom stereocenters. The van der Waals surface area contributed by atoms with E-state index in [1.807, 2.05) is 6.92 Å². The van der Waals surface area contributed by atoms with Crippen LogP contribution in [0.15, 0.2) is 5.16 Å². The van der Waals surface area contributed by atoms with E-state index in [9.17, 15) is 13.6 Å². The van der Waals surface area contributed by atoms with Crippen molar-refractivity contribution in [1.29, 1.82) is 0 Å². The van der Waals surface area contributed by atoms with Gasteiger partial charge < -0.3 is 20.9 Å². The summed E-state index contributed by atoms with van der Waals surface area (Å²) in [5.41, 5.74) is 4.33. The first-order valence-corrected chi connectivity index (χ1v) is 6.03. The highest BCUT2D eigenvalue weighted by Gasteiger charge is 2.53. The Labute approximate surface area is 109 Å². The van der Waals surface area contributed by atoms with Gasteiger partial charge in [-0.2, -0.15) is 0 Å². The zero-order chi connectivity index (χ0) is 14.6. The van der Waals surface area contributed by atoms with Gasteiger partial charge in [0.05, 0.1) is 13.2 Å². The molecule has 1 rings (SSSR count). The Balaban J connectivity index is 2.92. The van der Waals surface area contributed by atoms with Crippen LogP contribution in [0.1, 0.15) is 19.8 Å². The smallest absolute Gasteiger partial charge is 0.255 e. The molecule has 0 bridgehead atoms. The van der Waals surface area contributed by atoms with Crippen molar-refractivity contribution in [1.82, 2.24) is 4.90 Å². The largest absolute Gasteiger partial charge is 0.409 e. The van der Waals surface area contributed by atoms with Crippen LogP contribution in [0.3, 0.4) is 0 Å². The molecular weight excluding hydrogens is 260 g/mol. The Morgan fingerprint density at radius 3 is 2.53 bits per heavy atom. The van der Waals surface area contributed by atoms with Crippen molar-refractivity contribution in [2.24, 2.45) is 22.2 Å². The molecular formula is C11H19F2N3O3. The molecule has 1 fully saturated rings. The van der Waals surface area contributed by atoms with Gasteiger partial charge in [0.15, 0.2) is 5.84 Å². The molecule has 110 valence electrons. The predicted octanol–water partition coefficient (Wildman–Crippen LogP) is 0.235. The molecule has 19 heavy (non-hydrogen) atoms. The van der Waals surface area contributed by atoms with E-state index in [4.69, 9.17) is 16.0 Å². The van der Waals surface area contributed by atoms with Crippen LogP contribution in [-0.4, -0.2) is 53.1 Å². The van der Waals surface area contributed by atoms with Gasteiger partial charge in [-0.3, -0.25) is 4.79 Å². The first kappa shape index (κ1) is 15.6. The zero-order valence-electron chi connectivity index (χ0n) is 10.7. The highest BCUT2D eigenvalue weighted by molar-refractivity contribution is 6.07. The van der Waals surface area contributed by atoms with E-state index >= 15 is 0 Å². The minimum absolute atomic E-state index is 0.196. The van der Waals surface area contributed by atoms with E-state index in [2.05, 4.69) is 5.16 Å². The fraction of sp³-hybridized carbons (Fsp3) is 0.818. The third-order valence-electron chi connectivity index (χ3n) is 3.42. The number of aliphatic hydroxyl groups excluding tert-OH is 1. The van der Waals surface area contributed by atoms with Crippen molar-refractivity contribution in [2.75, 3.05) is 19.7 Å². The lowest BCUT2D eigenvalue weighted by Gasteiger charge is -2.46. The summed E-state index contributed by atoms with van der Waals surface area (Å²) in [5, 5.41) is 20.5. The molecule has 0 atom stereocenters. The van der Waals surface area contributed by atoms with Gasteiger partial charge in [0.25, 0.3) is 6.43 Å². The summed E-state index contributed by atoms with van der Waals surface area (Å²) in [6, 6.07) is 0. The van der Waals surface area contributed by atoms with E-state index in [-0.39, 0.29) is 18.3 Å². The Morgan fingerprint density at radius 1 is 1.58 bits per heavy atom. The van der Waals surface area contributed by atoms with Crippen molar-refractivity contribution in [3.63, 3.8) is 0 Å². The zero-order valence-corrected chi connectivity index (χ0v) is 10.7. The SMILES string of the molecule is CC1CC(C(=O)N(CCO)CC(F)F)(C(N)=NO)C1. The number of rotatable bonds is 6. The Morgan fingerprint density at radius 2 is 2.16 bits per heavy atom. The number of oxime groups is 1. The maximum Gasteiger partial charge on any atom is 0.255 e. The second-order valence-corrected chi connectivity index (χ2v) is 4.95. The highest BCUT2D eigenvalue weighted by atomic mass is 19.3. The van der Waals surface area contributed by atoms with Crippen LogP contribution in [0.5, 0.6) is 0 Å². The van der Waals surface area contributed by atoms with Crippen molar-refractivity contribution in [2.45, 2.75) is 26.2 Å². The molecule has 0 aliphatic heterocycles. The van der Waals surface area contributed by atoms with E-state index in [1.165, 1.54) is 0 Å². The fourth-order valence-corrected chi connectivity index (χ4v) is 2.58. The van der Waals surface area contributed by atoms with Gasteiger partial charge in [-0.25, -0.2) is 8.78 Å². The summed E-state index contributed by atoms with van der Waals surface area (Å²) in [6.07, 6.45) is -1.99. The molecule has 4 N–H and O–H groups in total. The van der Waals surface area contributed by atoms with Crippen molar-refractivity contribution in [3.8, 4) is 0 Å². The number of carbonyl (C=O) groups excluding carboxylic acids is 1. The number of nitrogens with zero attached hydrogens (tertiary/aromatic N) is 2. The molecule has 6 nitrogen and oxygen atoms in total. The van der Waals surface area contributed by atoms with Crippen LogP contribution in [0.2, 0.25) is 0 Å². The molecule has 0 spiro atoms. The molecule has 0 heterocycles. The topological polar surface area (TPSA) is 99.2 Å². The molecule has 1 aliphatic rings. The summed E-state index contributed by atoms with van der Waals surface area (Å²) < 4.78 is 24.9. The van der Waals surface area contributed by atoms with Gasteiger partial charge in [0, 0.05) is 6.54 Å².